The van der Waals surface area contributed by atoms with Crippen LogP contribution in [0, 0.1) is 11.2 Å². The van der Waals surface area contributed by atoms with Gasteiger partial charge in [0.2, 0.25) is 0 Å². The summed E-state index contributed by atoms with van der Waals surface area (Å²) in [5, 5.41) is 12.9. The second-order valence-electron chi connectivity index (χ2n) is 6.57. The molecule has 1 aliphatic heterocycles. The zero-order chi connectivity index (χ0) is 18.0. The van der Waals surface area contributed by atoms with E-state index in [2.05, 4.69) is 10.1 Å². The first-order chi connectivity index (χ1) is 11.1. The molecule has 0 spiro atoms. The average Bonchev–Trinajstić information content (AvgIpc) is 2.50. The van der Waals surface area contributed by atoms with E-state index in [1.807, 2.05) is 4.90 Å². The minimum Gasteiger partial charge on any atom is -0.406 e. The molecular formula is C16H23ClF4N2O2. The fourth-order valence-corrected chi connectivity index (χ4v) is 3.07. The lowest BCUT2D eigenvalue weighted by molar-refractivity contribution is -0.274. The van der Waals surface area contributed by atoms with Crippen molar-refractivity contribution in [2.75, 3.05) is 32.8 Å². The lowest BCUT2D eigenvalue weighted by Gasteiger charge is -2.43. The van der Waals surface area contributed by atoms with Gasteiger partial charge in [-0.3, -0.25) is 4.90 Å². The Morgan fingerprint density at radius 1 is 1.24 bits per heavy atom. The zero-order valence-electron chi connectivity index (χ0n) is 14.1. The van der Waals surface area contributed by atoms with Crippen LogP contribution in [-0.4, -0.2) is 49.2 Å². The fourth-order valence-electron chi connectivity index (χ4n) is 3.07. The lowest BCUT2D eigenvalue weighted by atomic mass is 9.79. The van der Waals surface area contributed by atoms with E-state index in [0.717, 1.165) is 18.2 Å². The maximum atomic E-state index is 14.4. The van der Waals surface area contributed by atoms with Crippen molar-refractivity contribution in [2.45, 2.75) is 26.3 Å². The van der Waals surface area contributed by atoms with Crippen molar-refractivity contribution in [3.63, 3.8) is 0 Å². The molecule has 9 heteroatoms. The molecule has 1 aromatic carbocycles. The normalized spacial score (nSPS) is 17.7. The molecule has 2 rings (SSSR count). The van der Waals surface area contributed by atoms with Gasteiger partial charge >= 0.3 is 6.36 Å². The molecule has 1 heterocycles. The topological polar surface area (TPSA) is 44.7 Å². The quantitative estimate of drug-likeness (QED) is 0.763. The summed E-state index contributed by atoms with van der Waals surface area (Å²) < 4.78 is 55.7. The number of piperazine rings is 1. The minimum atomic E-state index is -4.84. The Hall–Kier alpha value is -1.09. The van der Waals surface area contributed by atoms with Gasteiger partial charge in [-0.25, -0.2) is 4.39 Å². The Balaban J connectivity index is 0.00000312. The number of aliphatic hydroxyl groups excluding tert-OH is 1. The van der Waals surface area contributed by atoms with Crippen LogP contribution < -0.4 is 10.1 Å². The molecule has 0 bridgehead atoms. The van der Waals surface area contributed by atoms with Gasteiger partial charge in [-0.05, 0) is 18.2 Å². The molecule has 1 aliphatic rings. The van der Waals surface area contributed by atoms with Crippen LogP contribution in [0.4, 0.5) is 17.6 Å². The minimum absolute atomic E-state index is 0. The van der Waals surface area contributed by atoms with Crippen LogP contribution in [0.25, 0.3) is 0 Å². The number of rotatable bonds is 5. The third-order valence-electron chi connectivity index (χ3n) is 4.16. The molecule has 0 amide bonds. The molecule has 1 atom stereocenters. The Morgan fingerprint density at radius 3 is 2.36 bits per heavy atom. The zero-order valence-corrected chi connectivity index (χ0v) is 14.9. The smallest absolute Gasteiger partial charge is 0.406 e. The van der Waals surface area contributed by atoms with Crippen LogP contribution in [0.5, 0.6) is 5.75 Å². The number of nitrogens with zero attached hydrogens (tertiary/aromatic N) is 1. The van der Waals surface area contributed by atoms with E-state index in [-0.39, 0.29) is 24.6 Å². The van der Waals surface area contributed by atoms with E-state index < -0.39 is 29.4 Å². The van der Waals surface area contributed by atoms with E-state index in [1.54, 1.807) is 13.8 Å². The maximum absolute atomic E-state index is 14.4. The highest BCUT2D eigenvalue weighted by atomic mass is 35.5. The summed E-state index contributed by atoms with van der Waals surface area (Å²) in [5.74, 6) is -1.08. The number of alkyl halides is 3. The van der Waals surface area contributed by atoms with Crippen molar-refractivity contribution in [1.29, 1.82) is 0 Å². The van der Waals surface area contributed by atoms with Gasteiger partial charge in [0.15, 0.2) is 0 Å². The second kappa shape index (κ2) is 8.53. The third kappa shape index (κ3) is 5.70. The summed E-state index contributed by atoms with van der Waals surface area (Å²) in [6, 6.07) is 2.43. The van der Waals surface area contributed by atoms with Gasteiger partial charge in [-0.1, -0.05) is 13.8 Å². The van der Waals surface area contributed by atoms with Gasteiger partial charge in [-0.2, -0.15) is 0 Å². The molecule has 2 N–H and O–H groups in total. The van der Waals surface area contributed by atoms with Crippen LogP contribution in [-0.2, 0) is 0 Å². The Bertz CT molecular complexity index is 564. The van der Waals surface area contributed by atoms with E-state index in [1.165, 1.54) is 0 Å². The van der Waals surface area contributed by atoms with Crippen LogP contribution in [0.1, 0.15) is 25.5 Å². The highest BCUT2D eigenvalue weighted by Gasteiger charge is 2.38. The Morgan fingerprint density at radius 2 is 1.84 bits per heavy atom. The van der Waals surface area contributed by atoms with Gasteiger partial charge < -0.3 is 15.2 Å². The predicted molar refractivity (Wildman–Crippen MR) is 88.4 cm³/mol. The van der Waals surface area contributed by atoms with E-state index in [9.17, 15) is 22.7 Å². The molecule has 0 aromatic heterocycles. The number of hydrogen-bond donors (Lipinski definition) is 2. The lowest BCUT2D eigenvalue weighted by Crippen LogP contribution is -2.49. The highest BCUT2D eigenvalue weighted by Crippen LogP contribution is 2.41. The third-order valence-corrected chi connectivity index (χ3v) is 4.16. The summed E-state index contributed by atoms with van der Waals surface area (Å²) in [6.45, 7) is 5.89. The molecule has 1 saturated heterocycles. The number of hydrogen-bond acceptors (Lipinski definition) is 4. The first-order valence-electron chi connectivity index (χ1n) is 7.75. The molecule has 144 valence electrons. The SMILES string of the molecule is CC(C)(CO)[C@H](c1cc(OC(F)(F)F)ccc1F)N1CCNCC1.Cl. The number of ether oxygens (including phenoxy) is 1. The summed E-state index contributed by atoms with van der Waals surface area (Å²) in [4.78, 5) is 1.97. The first-order valence-corrected chi connectivity index (χ1v) is 7.75. The average molecular weight is 387 g/mol. The first kappa shape index (κ1) is 22.0. The van der Waals surface area contributed by atoms with Gasteiger partial charge in [0.1, 0.15) is 11.6 Å². The second-order valence-corrected chi connectivity index (χ2v) is 6.57. The summed E-state index contributed by atoms with van der Waals surface area (Å²) in [7, 11) is 0. The maximum Gasteiger partial charge on any atom is 0.573 e. The summed E-state index contributed by atoms with van der Waals surface area (Å²) >= 11 is 0. The largest absolute Gasteiger partial charge is 0.573 e. The Labute approximate surface area is 150 Å². The predicted octanol–water partition coefficient (Wildman–Crippen LogP) is 3.11. The number of nitrogens with one attached hydrogen (secondary N) is 1. The molecule has 1 aromatic rings. The molecule has 0 unspecified atom stereocenters. The summed E-state index contributed by atoms with van der Waals surface area (Å²) in [6.07, 6.45) is -4.84. The van der Waals surface area contributed by atoms with Gasteiger partial charge in [0, 0.05) is 49.8 Å². The highest BCUT2D eigenvalue weighted by molar-refractivity contribution is 5.85. The molecule has 0 saturated carbocycles. The van der Waals surface area contributed by atoms with E-state index >= 15 is 0 Å². The van der Waals surface area contributed by atoms with Gasteiger partial charge in [0.25, 0.3) is 0 Å². The van der Waals surface area contributed by atoms with Crippen LogP contribution >= 0.6 is 12.4 Å². The van der Waals surface area contributed by atoms with Crippen LogP contribution in [0.15, 0.2) is 18.2 Å². The number of aliphatic hydroxyl groups is 1. The van der Waals surface area contributed by atoms with Crippen molar-refractivity contribution >= 4 is 12.4 Å². The van der Waals surface area contributed by atoms with Crippen LogP contribution in [0.2, 0.25) is 0 Å². The van der Waals surface area contributed by atoms with Crippen molar-refractivity contribution < 1.29 is 27.4 Å². The van der Waals surface area contributed by atoms with Crippen molar-refractivity contribution in [1.82, 2.24) is 10.2 Å². The number of benzene rings is 1. The number of halogens is 5. The molecular weight excluding hydrogens is 364 g/mol. The Kier molecular flexibility index (Phi) is 7.49. The monoisotopic (exact) mass is 386 g/mol. The van der Waals surface area contributed by atoms with Gasteiger partial charge in [-0.15, -0.1) is 25.6 Å². The molecule has 1 fully saturated rings. The van der Waals surface area contributed by atoms with Crippen molar-refractivity contribution in [3.05, 3.63) is 29.6 Å². The molecule has 4 nitrogen and oxygen atoms in total. The van der Waals surface area contributed by atoms with E-state index in [0.29, 0.717) is 26.2 Å². The molecule has 0 radical (unpaired) electrons. The van der Waals surface area contributed by atoms with Gasteiger partial charge in [0.05, 0.1) is 0 Å². The molecule has 25 heavy (non-hydrogen) atoms. The van der Waals surface area contributed by atoms with Crippen molar-refractivity contribution in [2.24, 2.45) is 5.41 Å². The van der Waals surface area contributed by atoms with Crippen molar-refractivity contribution in [3.8, 4) is 5.75 Å². The van der Waals surface area contributed by atoms with Crippen LogP contribution in [0.3, 0.4) is 0 Å². The van der Waals surface area contributed by atoms with E-state index in [4.69, 9.17) is 0 Å². The molecule has 0 aliphatic carbocycles. The summed E-state index contributed by atoms with van der Waals surface area (Å²) in [5.41, 5.74) is -0.646. The standard InChI is InChI=1S/C16H22F4N2O2.ClH/c1-15(2,10-23)14(22-7-5-21-6-8-22)12-9-11(3-4-13(12)17)24-16(18,19)20;/h3-4,9,14,21,23H,5-8,10H2,1-2H3;1H/t14-;/m0./s1. The fraction of sp³-hybridized carbons (Fsp3) is 0.625.